The molecule has 1 heterocycles. The van der Waals surface area contributed by atoms with Crippen molar-refractivity contribution < 1.29 is 14.2 Å². The molecule has 0 saturated heterocycles. The first-order chi connectivity index (χ1) is 15.2. The van der Waals surface area contributed by atoms with Gasteiger partial charge in [0, 0.05) is 16.5 Å². The van der Waals surface area contributed by atoms with Crippen molar-refractivity contribution in [3.8, 4) is 34.3 Å². The molecule has 0 amide bonds. The predicted octanol–water partition coefficient (Wildman–Crippen LogP) is 5.93. The molecule has 3 N–H and O–H groups in total. The number of hydrogen-bond acceptors (Lipinski definition) is 4. The minimum atomic E-state index is 0.683. The van der Waals surface area contributed by atoms with Gasteiger partial charge in [0.15, 0.2) is 0 Å². The maximum Gasteiger partial charge on any atom is 0.128 e. The van der Waals surface area contributed by atoms with Crippen molar-refractivity contribution >= 4 is 10.9 Å². The monoisotopic (exact) mass is 416 g/mol. The Balaban J connectivity index is 1.82. The van der Waals surface area contributed by atoms with E-state index >= 15 is 0 Å². The number of nitrogens with two attached hydrogens (primary N) is 1. The smallest absolute Gasteiger partial charge is 0.128 e. The van der Waals surface area contributed by atoms with E-state index in [2.05, 4.69) is 17.1 Å². The van der Waals surface area contributed by atoms with E-state index in [1.54, 1.807) is 14.2 Å². The van der Waals surface area contributed by atoms with Gasteiger partial charge in [0.1, 0.15) is 23.0 Å². The van der Waals surface area contributed by atoms with Gasteiger partial charge in [0.05, 0.1) is 19.9 Å². The van der Waals surface area contributed by atoms with Crippen LogP contribution in [0, 0.1) is 0 Å². The molecule has 0 unspecified atom stereocenters. The Labute approximate surface area is 182 Å². The molecule has 0 spiro atoms. The van der Waals surface area contributed by atoms with Crippen LogP contribution in [0.25, 0.3) is 22.2 Å². The lowest BCUT2D eigenvalue weighted by molar-refractivity contribution is 0.404. The fraction of sp³-hybridized carbons (Fsp3) is 0.231. The highest BCUT2D eigenvalue weighted by atomic mass is 16.5. The molecule has 1 aromatic heterocycles. The summed E-state index contributed by atoms with van der Waals surface area (Å²) >= 11 is 0. The number of ether oxygens (including phenoxy) is 3. The number of aryl methyl sites for hydroxylation is 1. The second-order valence-corrected chi connectivity index (χ2v) is 7.41. The molecule has 0 fully saturated rings. The number of hydrogen-bond donors (Lipinski definition) is 2. The van der Waals surface area contributed by atoms with Crippen LogP contribution in [0.3, 0.4) is 0 Å². The van der Waals surface area contributed by atoms with E-state index in [1.807, 2.05) is 54.6 Å². The van der Waals surface area contributed by atoms with Crippen molar-refractivity contribution in [2.45, 2.75) is 19.3 Å². The normalized spacial score (nSPS) is 10.9. The van der Waals surface area contributed by atoms with Gasteiger partial charge in [0.2, 0.25) is 0 Å². The summed E-state index contributed by atoms with van der Waals surface area (Å²) in [7, 11) is 3.36. The standard InChI is InChI=1S/C26H28N2O3/c1-29-19-12-14-25(30-2)23(16-19)26-21(10-6-7-15-27)22-17-20(11-13-24(22)28-26)31-18-8-4-3-5-9-18/h3-5,8-9,11-14,16-17,28H,6-7,10,15,27H2,1-2H3. The second-order valence-electron chi connectivity index (χ2n) is 7.41. The van der Waals surface area contributed by atoms with Gasteiger partial charge in [-0.2, -0.15) is 0 Å². The van der Waals surface area contributed by atoms with Gasteiger partial charge in [-0.1, -0.05) is 18.2 Å². The number of para-hydroxylation sites is 1. The van der Waals surface area contributed by atoms with Crippen molar-refractivity contribution in [1.82, 2.24) is 4.98 Å². The second kappa shape index (κ2) is 9.58. The molecule has 0 saturated carbocycles. The lowest BCUT2D eigenvalue weighted by Gasteiger charge is -2.12. The highest BCUT2D eigenvalue weighted by Gasteiger charge is 2.18. The molecule has 0 radical (unpaired) electrons. The molecule has 5 nitrogen and oxygen atoms in total. The molecule has 0 atom stereocenters. The summed E-state index contributed by atoms with van der Waals surface area (Å²) in [4.78, 5) is 3.60. The third-order valence-corrected chi connectivity index (χ3v) is 5.41. The van der Waals surface area contributed by atoms with Crippen LogP contribution >= 0.6 is 0 Å². The molecule has 4 rings (SSSR count). The minimum absolute atomic E-state index is 0.683. The van der Waals surface area contributed by atoms with Crippen LogP contribution in [-0.4, -0.2) is 25.7 Å². The summed E-state index contributed by atoms with van der Waals surface area (Å²) in [5, 5.41) is 1.14. The molecule has 5 heteroatoms. The van der Waals surface area contributed by atoms with Gasteiger partial charge < -0.3 is 24.9 Å². The van der Waals surface area contributed by atoms with Crippen LogP contribution in [0.4, 0.5) is 0 Å². The van der Waals surface area contributed by atoms with Crippen molar-refractivity contribution in [3.05, 3.63) is 72.3 Å². The van der Waals surface area contributed by atoms with Crippen molar-refractivity contribution in [2.75, 3.05) is 20.8 Å². The van der Waals surface area contributed by atoms with Crippen LogP contribution in [0.5, 0.6) is 23.0 Å². The number of H-pyrrole nitrogens is 1. The fourth-order valence-electron chi connectivity index (χ4n) is 3.86. The summed E-state index contributed by atoms with van der Waals surface area (Å²) in [6.07, 6.45) is 2.88. The Morgan fingerprint density at radius 2 is 1.61 bits per heavy atom. The largest absolute Gasteiger partial charge is 0.497 e. The van der Waals surface area contributed by atoms with Crippen LogP contribution in [0.1, 0.15) is 18.4 Å². The molecule has 0 aliphatic rings. The lowest BCUT2D eigenvalue weighted by atomic mass is 9.99. The van der Waals surface area contributed by atoms with Crippen molar-refractivity contribution in [1.29, 1.82) is 0 Å². The quantitative estimate of drug-likeness (QED) is 0.332. The Hall–Kier alpha value is -3.44. The van der Waals surface area contributed by atoms with Gasteiger partial charge in [-0.15, -0.1) is 0 Å². The molecule has 0 aliphatic heterocycles. The van der Waals surface area contributed by atoms with E-state index < -0.39 is 0 Å². The molecular formula is C26H28N2O3. The van der Waals surface area contributed by atoms with E-state index in [0.717, 1.165) is 64.4 Å². The van der Waals surface area contributed by atoms with Gasteiger partial charge >= 0.3 is 0 Å². The van der Waals surface area contributed by atoms with Crippen molar-refractivity contribution in [2.24, 2.45) is 5.73 Å². The van der Waals surface area contributed by atoms with Crippen LogP contribution in [0.15, 0.2) is 66.7 Å². The molecular weight excluding hydrogens is 388 g/mol. The lowest BCUT2D eigenvalue weighted by Crippen LogP contribution is -1.99. The number of unbranched alkanes of at least 4 members (excludes halogenated alkanes) is 1. The van der Waals surface area contributed by atoms with Gasteiger partial charge in [-0.05, 0) is 79.9 Å². The number of methoxy groups -OCH3 is 2. The third kappa shape index (κ3) is 4.52. The van der Waals surface area contributed by atoms with Crippen LogP contribution in [-0.2, 0) is 6.42 Å². The van der Waals surface area contributed by atoms with Crippen molar-refractivity contribution in [3.63, 3.8) is 0 Å². The van der Waals surface area contributed by atoms with E-state index in [9.17, 15) is 0 Å². The summed E-state index contributed by atoms with van der Waals surface area (Å²) in [5.41, 5.74) is 10.1. The zero-order valence-corrected chi connectivity index (χ0v) is 18.0. The zero-order valence-electron chi connectivity index (χ0n) is 18.0. The first-order valence-electron chi connectivity index (χ1n) is 10.5. The Morgan fingerprint density at radius 3 is 2.35 bits per heavy atom. The SMILES string of the molecule is COc1ccc(OC)c(-c2[nH]c3ccc(Oc4ccccc4)cc3c2CCCCN)c1. The first kappa shape index (κ1) is 20.8. The molecule has 0 bridgehead atoms. The van der Waals surface area contributed by atoms with E-state index in [1.165, 1.54) is 5.56 Å². The van der Waals surface area contributed by atoms with E-state index in [0.29, 0.717) is 6.54 Å². The van der Waals surface area contributed by atoms with Gasteiger partial charge in [-0.25, -0.2) is 0 Å². The van der Waals surface area contributed by atoms with Gasteiger partial charge in [-0.3, -0.25) is 0 Å². The minimum Gasteiger partial charge on any atom is -0.497 e. The third-order valence-electron chi connectivity index (χ3n) is 5.41. The maximum absolute atomic E-state index is 6.08. The molecule has 4 aromatic rings. The van der Waals surface area contributed by atoms with E-state index in [-0.39, 0.29) is 0 Å². The molecule has 0 aliphatic carbocycles. The van der Waals surface area contributed by atoms with Gasteiger partial charge in [0.25, 0.3) is 0 Å². The number of aromatic amines is 1. The number of rotatable bonds is 9. The summed E-state index contributed by atoms with van der Waals surface area (Å²) in [6, 6.07) is 21.8. The molecule has 31 heavy (non-hydrogen) atoms. The molecule has 160 valence electrons. The average Bonchev–Trinajstić information content (AvgIpc) is 3.17. The Bertz CT molecular complexity index is 1150. The summed E-state index contributed by atoms with van der Waals surface area (Å²) in [6.45, 7) is 0.683. The molecule has 3 aromatic carbocycles. The topological polar surface area (TPSA) is 69.5 Å². The Kier molecular flexibility index (Phi) is 6.43. The zero-order chi connectivity index (χ0) is 21.6. The highest BCUT2D eigenvalue weighted by Crippen LogP contribution is 2.39. The van der Waals surface area contributed by atoms with Crippen LogP contribution in [0.2, 0.25) is 0 Å². The van der Waals surface area contributed by atoms with E-state index in [4.69, 9.17) is 19.9 Å². The average molecular weight is 417 g/mol. The highest BCUT2D eigenvalue weighted by molar-refractivity contribution is 5.93. The number of aromatic nitrogens is 1. The summed E-state index contributed by atoms with van der Waals surface area (Å²) in [5.74, 6) is 3.21. The summed E-state index contributed by atoms with van der Waals surface area (Å²) < 4.78 is 17.2. The number of benzene rings is 3. The van der Waals surface area contributed by atoms with Crippen LogP contribution < -0.4 is 19.9 Å². The maximum atomic E-state index is 6.08. The number of nitrogens with one attached hydrogen (secondary N) is 1. The number of fused-ring (bicyclic) bond motifs is 1. The Morgan fingerprint density at radius 1 is 0.806 bits per heavy atom. The predicted molar refractivity (Wildman–Crippen MR) is 125 cm³/mol. The fourth-order valence-corrected chi connectivity index (χ4v) is 3.86. The first-order valence-corrected chi connectivity index (χ1v) is 10.5.